The standard InChI is InChI=1S/C25H29F5N6OS/c1-13(2)36-22-15(12-32-24(34-22)33-16-4-5-20(31)18(26)11-16)9-17(23(36)37)14-3-6-21(19(27)10-14)35-38-8-7-25(28,29)30/h3,6,9-10,12-13,16,18,20,35H,4-5,7-8,11,31H2,1-2H3,(H,32,33,34). The fourth-order valence-electron chi connectivity index (χ4n) is 4.39. The van der Waals surface area contributed by atoms with Crippen LogP contribution >= 0.6 is 11.9 Å². The van der Waals surface area contributed by atoms with E-state index in [1.54, 1.807) is 12.3 Å². The molecule has 4 N–H and O–H groups in total. The summed E-state index contributed by atoms with van der Waals surface area (Å²) in [6.07, 6.45) is -3.38. The monoisotopic (exact) mass is 556 g/mol. The van der Waals surface area contributed by atoms with Gasteiger partial charge in [0.15, 0.2) is 0 Å². The molecule has 0 amide bonds. The lowest BCUT2D eigenvalue weighted by atomic mass is 9.90. The number of alkyl halides is 4. The fourth-order valence-corrected chi connectivity index (χ4v) is 5.15. The molecule has 1 saturated carbocycles. The summed E-state index contributed by atoms with van der Waals surface area (Å²) in [7, 11) is 0. The van der Waals surface area contributed by atoms with Gasteiger partial charge >= 0.3 is 6.18 Å². The average Bonchev–Trinajstić information content (AvgIpc) is 2.83. The Morgan fingerprint density at radius 2 is 2.00 bits per heavy atom. The first-order chi connectivity index (χ1) is 17.9. The molecule has 1 aromatic carbocycles. The lowest BCUT2D eigenvalue weighted by Gasteiger charge is -2.29. The minimum Gasteiger partial charge on any atom is -0.351 e. The van der Waals surface area contributed by atoms with Crippen molar-refractivity contribution in [3.63, 3.8) is 0 Å². The molecule has 13 heteroatoms. The maximum atomic E-state index is 14.8. The quantitative estimate of drug-likeness (QED) is 0.183. The Kier molecular flexibility index (Phi) is 8.46. The number of nitrogens with zero attached hydrogens (tertiary/aromatic N) is 3. The van der Waals surface area contributed by atoms with Gasteiger partial charge in [-0.05, 0) is 50.5 Å². The molecule has 0 radical (unpaired) electrons. The van der Waals surface area contributed by atoms with Crippen molar-refractivity contribution < 1.29 is 22.0 Å². The van der Waals surface area contributed by atoms with Crippen LogP contribution in [0.3, 0.4) is 0 Å². The van der Waals surface area contributed by atoms with Crippen molar-refractivity contribution in [1.29, 1.82) is 0 Å². The summed E-state index contributed by atoms with van der Waals surface area (Å²) in [5.41, 5.74) is 6.32. The number of halogens is 5. The van der Waals surface area contributed by atoms with Gasteiger partial charge in [0.2, 0.25) is 5.95 Å². The Morgan fingerprint density at radius 3 is 2.66 bits per heavy atom. The van der Waals surface area contributed by atoms with Gasteiger partial charge in [-0.2, -0.15) is 18.2 Å². The normalized spacial score (nSPS) is 20.2. The minimum absolute atomic E-state index is 0.0177. The molecule has 0 saturated heterocycles. The fraction of sp³-hybridized carbons (Fsp3) is 0.480. The second kappa shape index (κ2) is 11.4. The summed E-state index contributed by atoms with van der Waals surface area (Å²) in [5, 5.41) is 3.70. The van der Waals surface area contributed by atoms with E-state index in [1.165, 1.54) is 16.7 Å². The van der Waals surface area contributed by atoms with Crippen LogP contribution in [0.4, 0.5) is 33.6 Å². The molecule has 38 heavy (non-hydrogen) atoms. The highest BCUT2D eigenvalue weighted by atomic mass is 32.2. The number of hydrogen-bond acceptors (Lipinski definition) is 7. The molecule has 2 aromatic heterocycles. The number of benzene rings is 1. The first-order valence-corrected chi connectivity index (χ1v) is 13.2. The van der Waals surface area contributed by atoms with E-state index in [0.29, 0.717) is 29.4 Å². The van der Waals surface area contributed by atoms with Crippen molar-refractivity contribution in [1.82, 2.24) is 14.5 Å². The predicted octanol–water partition coefficient (Wildman–Crippen LogP) is 5.82. The van der Waals surface area contributed by atoms with Crippen LogP contribution in [0.15, 0.2) is 35.3 Å². The zero-order valence-electron chi connectivity index (χ0n) is 20.9. The van der Waals surface area contributed by atoms with Gasteiger partial charge < -0.3 is 15.8 Å². The maximum Gasteiger partial charge on any atom is 0.389 e. The Morgan fingerprint density at radius 1 is 1.24 bits per heavy atom. The molecular weight excluding hydrogens is 527 g/mol. The SMILES string of the molecule is CC(C)n1c(=O)c(-c2ccc(NSCCC(F)(F)F)c(F)c2)cc2cnc(NC3CCC(N)C(F)C3)nc21. The van der Waals surface area contributed by atoms with Crippen LogP contribution in [0.5, 0.6) is 0 Å². The summed E-state index contributed by atoms with van der Waals surface area (Å²) in [5.74, 6) is -0.698. The number of nitrogens with one attached hydrogen (secondary N) is 2. The lowest BCUT2D eigenvalue weighted by Crippen LogP contribution is -2.42. The molecule has 0 aliphatic heterocycles. The molecule has 3 atom stereocenters. The first kappa shape index (κ1) is 28.1. The number of fused-ring (bicyclic) bond motifs is 1. The Bertz CT molecular complexity index is 1350. The Hall–Kier alpha value is -2.93. The van der Waals surface area contributed by atoms with Crippen LogP contribution < -0.4 is 21.3 Å². The van der Waals surface area contributed by atoms with Crippen molar-refractivity contribution in [2.24, 2.45) is 5.73 Å². The zero-order valence-corrected chi connectivity index (χ0v) is 21.7. The van der Waals surface area contributed by atoms with E-state index in [0.717, 1.165) is 18.0 Å². The van der Waals surface area contributed by atoms with Crippen LogP contribution in [0.25, 0.3) is 22.2 Å². The van der Waals surface area contributed by atoms with Gasteiger partial charge in [-0.1, -0.05) is 18.0 Å². The van der Waals surface area contributed by atoms with Crippen LogP contribution in [-0.4, -0.2) is 44.7 Å². The molecule has 3 aromatic rings. The average molecular weight is 557 g/mol. The lowest BCUT2D eigenvalue weighted by molar-refractivity contribution is -0.129. The van der Waals surface area contributed by atoms with Gasteiger partial charge in [0, 0.05) is 47.4 Å². The molecule has 1 aliphatic rings. The van der Waals surface area contributed by atoms with Crippen molar-refractivity contribution in [2.75, 3.05) is 15.8 Å². The van der Waals surface area contributed by atoms with E-state index >= 15 is 0 Å². The largest absolute Gasteiger partial charge is 0.389 e. The summed E-state index contributed by atoms with van der Waals surface area (Å²) in [6.45, 7) is 3.64. The zero-order chi connectivity index (χ0) is 27.6. The van der Waals surface area contributed by atoms with Gasteiger partial charge in [0.05, 0.1) is 12.1 Å². The molecule has 7 nitrogen and oxygen atoms in total. The molecule has 206 valence electrons. The highest BCUT2D eigenvalue weighted by Crippen LogP contribution is 2.29. The number of nitrogens with two attached hydrogens (primary N) is 1. The van der Waals surface area contributed by atoms with Crippen LogP contribution in [0.2, 0.25) is 0 Å². The van der Waals surface area contributed by atoms with Gasteiger partial charge in [0.25, 0.3) is 5.56 Å². The number of aromatic nitrogens is 3. The second-order valence-corrected chi connectivity index (χ2v) is 10.5. The first-order valence-electron chi connectivity index (χ1n) is 12.3. The molecule has 0 bridgehead atoms. The maximum absolute atomic E-state index is 14.8. The van der Waals surface area contributed by atoms with E-state index in [9.17, 15) is 26.7 Å². The Balaban J connectivity index is 1.60. The number of rotatable bonds is 8. The minimum atomic E-state index is -4.29. The third-order valence-electron chi connectivity index (χ3n) is 6.40. The van der Waals surface area contributed by atoms with E-state index in [2.05, 4.69) is 20.0 Å². The highest BCUT2D eigenvalue weighted by molar-refractivity contribution is 8.00. The van der Waals surface area contributed by atoms with E-state index < -0.39 is 30.6 Å². The van der Waals surface area contributed by atoms with Gasteiger partial charge in [-0.15, -0.1) is 0 Å². The number of pyridine rings is 1. The molecule has 4 rings (SSSR count). The molecule has 3 unspecified atom stereocenters. The molecule has 1 aliphatic carbocycles. The second-order valence-electron chi connectivity index (χ2n) is 9.64. The molecule has 1 fully saturated rings. The third-order valence-corrected chi connectivity index (χ3v) is 7.17. The molecular formula is C25H29F5N6OS. The Labute approximate surface area is 220 Å². The summed E-state index contributed by atoms with van der Waals surface area (Å²) >= 11 is 0.749. The predicted molar refractivity (Wildman–Crippen MR) is 140 cm³/mol. The molecule has 0 spiro atoms. The highest BCUT2D eigenvalue weighted by Gasteiger charge is 2.29. The van der Waals surface area contributed by atoms with E-state index in [4.69, 9.17) is 5.73 Å². The van der Waals surface area contributed by atoms with Crippen LogP contribution in [-0.2, 0) is 0 Å². The number of anilines is 2. The smallest absolute Gasteiger partial charge is 0.351 e. The van der Waals surface area contributed by atoms with Crippen LogP contribution in [0.1, 0.15) is 45.6 Å². The summed E-state index contributed by atoms with van der Waals surface area (Å²) in [4.78, 5) is 22.4. The van der Waals surface area contributed by atoms with Gasteiger partial charge in [0.1, 0.15) is 17.6 Å². The molecule has 2 heterocycles. The number of hydrogen-bond donors (Lipinski definition) is 3. The van der Waals surface area contributed by atoms with Crippen molar-refractivity contribution in [3.8, 4) is 11.1 Å². The topological polar surface area (TPSA) is 97.9 Å². The van der Waals surface area contributed by atoms with Crippen molar-refractivity contribution >= 4 is 34.6 Å². The van der Waals surface area contributed by atoms with E-state index in [-0.39, 0.29) is 47.0 Å². The summed E-state index contributed by atoms with van der Waals surface area (Å²) < 4.78 is 69.8. The third kappa shape index (κ3) is 6.55. The summed E-state index contributed by atoms with van der Waals surface area (Å²) in [6, 6.07) is 4.72. The van der Waals surface area contributed by atoms with Crippen molar-refractivity contribution in [3.05, 3.63) is 46.6 Å². The van der Waals surface area contributed by atoms with Crippen molar-refractivity contribution in [2.45, 2.75) is 70.0 Å². The van der Waals surface area contributed by atoms with Gasteiger partial charge in [-0.25, -0.2) is 13.8 Å². The van der Waals surface area contributed by atoms with E-state index in [1.807, 2.05) is 13.8 Å². The van der Waals surface area contributed by atoms with Gasteiger partial charge in [-0.3, -0.25) is 9.36 Å². The van der Waals surface area contributed by atoms with Crippen LogP contribution in [0, 0.1) is 5.82 Å².